The minimum atomic E-state index is 0.188. The number of fused-ring (bicyclic) bond motifs is 1. The van der Waals surface area contributed by atoms with Gasteiger partial charge >= 0.3 is 0 Å². The summed E-state index contributed by atoms with van der Waals surface area (Å²) in [5, 5.41) is 4.89. The molecule has 0 aromatic rings. The highest BCUT2D eigenvalue weighted by molar-refractivity contribution is 8.13. The van der Waals surface area contributed by atoms with Crippen LogP contribution in [0.25, 0.3) is 0 Å². The standard InChI is InChI=1S/C15H26N2OS/c1-15(2)12(8-13(15)18-3)17-14-16-11-7-5-4-6-10(11)9-19-14/h10-13H,4-9H2,1-3H3,(H,16,17). The number of thioether (sulfide) groups is 1. The number of rotatable bonds is 2. The molecule has 3 fully saturated rings. The fraction of sp³-hybridized carbons (Fsp3) is 0.933. The van der Waals surface area contributed by atoms with Crippen molar-refractivity contribution in [2.45, 2.75) is 64.1 Å². The first-order valence-corrected chi connectivity index (χ1v) is 8.59. The summed E-state index contributed by atoms with van der Waals surface area (Å²) in [7, 11) is 1.82. The Morgan fingerprint density at radius 1 is 1.32 bits per heavy atom. The minimum absolute atomic E-state index is 0.188. The molecule has 4 unspecified atom stereocenters. The molecule has 0 aromatic carbocycles. The summed E-state index contributed by atoms with van der Waals surface area (Å²) in [5.41, 5.74) is 0.188. The SMILES string of the molecule is COC1CC(N=C2NC3CCCCC3CS2)C1(C)C. The van der Waals surface area contributed by atoms with Crippen molar-refractivity contribution < 1.29 is 4.74 Å². The van der Waals surface area contributed by atoms with Crippen molar-refractivity contribution in [1.82, 2.24) is 5.32 Å². The zero-order valence-corrected chi connectivity index (χ0v) is 13.1. The van der Waals surface area contributed by atoms with Crippen LogP contribution in [0.3, 0.4) is 0 Å². The number of nitrogens with zero attached hydrogens (tertiary/aromatic N) is 1. The number of ether oxygens (including phenoxy) is 1. The Morgan fingerprint density at radius 3 is 2.84 bits per heavy atom. The van der Waals surface area contributed by atoms with Gasteiger partial charge in [0, 0.05) is 24.3 Å². The number of hydrogen-bond acceptors (Lipinski definition) is 3. The van der Waals surface area contributed by atoms with Gasteiger partial charge in [0.1, 0.15) is 0 Å². The molecule has 1 heterocycles. The van der Waals surface area contributed by atoms with Crippen LogP contribution in [0.2, 0.25) is 0 Å². The van der Waals surface area contributed by atoms with Crippen molar-refractivity contribution in [3.63, 3.8) is 0 Å². The van der Waals surface area contributed by atoms with E-state index in [2.05, 4.69) is 19.2 Å². The maximum absolute atomic E-state index is 5.51. The monoisotopic (exact) mass is 282 g/mol. The third-order valence-corrected chi connectivity index (χ3v) is 6.43. The third-order valence-electron chi connectivity index (χ3n) is 5.34. The van der Waals surface area contributed by atoms with Gasteiger partial charge in [-0.1, -0.05) is 38.5 Å². The van der Waals surface area contributed by atoms with E-state index in [1.807, 2.05) is 18.9 Å². The lowest BCUT2D eigenvalue weighted by molar-refractivity contribution is -0.0850. The third kappa shape index (κ3) is 2.54. The molecule has 2 saturated carbocycles. The predicted octanol–water partition coefficient (Wildman–Crippen LogP) is 3.05. The summed E-state index contributed by atoms with van der Waals surface area (Å²) in [4.78, 5) is 4.97. The summed E-state index contributed by atoms with van der Waals surface area (Å²) >= 11 is 1.93. The van der Waals surface area contributed by atoms with E-state index < -0.39 is 0 Å². The summed E-state index contributed by atoms with van der Waals surface area (Å²) < 4.78 is 5.51. The van der Waals surface area contributed by atoms with Crippen LogP contribution >= 0.6 is 11.8 Å². The van der Waals surface area contributed by atoms with Crippen LogP contribution < -0.4 is 5.32 Å². The molecule has 2 aliphatic carbocycles. The fourth-order valence-electron chi connectivity index (χ4n) is 3.68. The van der Waals surface area contributed by atoms with Crippen molar-refractivity contribution in [3.05, 3.63) is 0 Å². The molecule has 108 valence electrons. The van der Waals surface area contributed by atoms with E-state index in [4.69, 9.17) is 9.73 Å². The van der Waals surface area contributed by atoms with Gasteiger partial charge in [0.25, 0.3) is 0 Å². The van der Waals surface area contributed by atoms with E-state index in [1.54, 1.807) is 0 Å². The van der Waals surface area contributed by atoms with Crippen molar-refractivity contribution in [1.29, 1.82) is 0 Å². The van der Waals surface area contributed by atoms with Gasteiger partial charge in [0.05, 0.1) is 12.1 Å². The van der Waals surface area contributed by atoms with Crippen LogP contribution in [0.5, 0.6) is 0 Å². The Kier molecular flexibility index (Phi) is 3.82. The number of amidine groups is 1. The van der Waals surface area contributed by atoms with Gasteiger partial charge in [-0.15, -0.1) is 0 Å². The van der Waals surface area contributed by atoms with Gasteiger partial charge in [0.2, 0.25) is 0 Å². The van der Waals surface area contributed by atoms with E-state index in [0.717, 1.165) is 12.3 Å². The van der Waals surface area contributed by atoms with Crippen molar-refractivity contribution in [3.8, 4) is 0 Å². The molecule has 1 saturated heterocycles. The zero-order chi connectivity index (χ0) is 13.5. The molecule has 1 aliphatic heterocycles. The highest BCUT2D eigenvalue weighted by Gasteiger charge is 2.49. The molecule has 0 bridgehead atoms. The lowest BCUT2D eigenvalue weighted by Crippen LogP contribution is -2.54. The largest absolute Gasteiger partial charge is 0.381 e. The number of aliphatic imine (C=N–C) groups is 1. The van der Waals surface area contributed by atoms with E-state index in [0.29, 0.717) is 18.2 Å². The fourth-order valence-corrected chi connectivity index (χ4v) is 4.89. The maximum atomic E-state index is 5.51. The summed E-state index contributed by atoms with van der Waals surface area (Å²) in [5.74, 6) is 2.14. The van der Waals surface area contributed by atoms with Crippen LogP contribution in [-0.2, 0) is 4.74 Å². The number of methoxy groups -OCH3 is 1. The Morgan fingerprint density at radius 2 is 2.11 bits per heavy atom. The van der Waals surface area contributed by atoms with Gasteiger partial charge in [-0.2, -0.15) is 0 Å². The first-order valence-electron chi connectivity index (χ1n) is 7.61. The van der Waals surface area contributed by atoms with Crippen LogP contribution in [0.1, 0.15) is 46.0 Å². The maximum Gasteiger partial charge on any atom is 0.157 e. The molecular formula is C15H26N2OS. The molecule has 1 N–H and O–H groups in total. The smallest absolute Gasteiger partial charge is 0.157 e. The van der Waals surface area contributed by atoms with E-state index in [1.165, 1.54) is 36.6 Å². The van der Waals surface area contributed by atoms with Gasteiger partial charge < -0.3 is 10.1 Å². The molecule has 0 spiro atoms. The quantitative estimate of drug-likeness (QED) is 0.845. The molecule has 4 heteroatoms. The number of hydrogen-bond donors (Lipinski definition) is 1. The normalized spacial score (nSPS) is 43.2. The van der Waals surface area contributed by atoms with Crippen molar-refractivity contribution >= 4 is 16.9 Å². The molecule has 0 aromatic heterocycles. The first kappa shape index (κ1) is 13.7. The topological polar surface area (TPSA) is 33.6 Å². The van der Waals surface area contributed by atoms with Crippen molar-refractivity contribution in [2.24, 2.45) is 16.3 Å². The van der Waals surface area contributed by atoms with Crippen LogP contribution in [0.15, 0.2) is 4.99 Å². The lowest BCUT2D eigenvalue weighted by Gasteiger charge is -2.49. The second kappa shape index (κ2) is 5.28. The summed E-state index contributed by atoms with van der Waals surface area (Å²) in [6, 6.07) is 1.11. The second-order valence-electron chi connectivity index (χ2n) is 6.84. The molecule has 0 amide bonds. The summed E-state index contributed by atoms with van der Waals surface area (Å²) in [6.45, 7) is 4.55. The Hall–Kier alpha value is -0.220. The second-order valence-corrected chi connectivity index (χ2v) is 7.85. The van der Waals surface area contributed by atoms with E-state index >= 15 is 0 Å². The Labute approximate surface area is 121 Å². The van der Waals surface area contributed by atoms with Gasteiger partial charge in [-0.3, -0.25) is 4.99 Å². The van der Waals surface area contributed by atoms with Crippen LogP contribution in [0, 0.1) is 11.3 Å². The van der Waals surface area contributed by atoms with Crippen molar-refractivity contribution in [2.75, 3.05) is 12.9 Å². The van der Waals surface area contributed by atoms with E-state index in [9.17, 15) is 0 Å². The van der Waals surface area contributed by atoms with E-state index in [-0.39, 0.29) is 5.41 Å². The average Bonchev–Trinajstić information content (AvgIpc) is 2.42. The Balaban J connectivity index is 1.62. The summed E-state index contributed by atoms with van der Waals surface area (Å²) in [6.07, 6.45) is 6.98. The van der Waals surface area contributed by atoms with Gasteiger partial charge in [0.15, 0.2) is 5.17 Å². The predicted molar refractivity (Wildman–Crippen MR) is 81.8 cm³/mol. The lowest BCUT2D eigenvalue weighted by atomic mass is 9.65. The molecule has 3 aliphatic rings. The minimum Gasteiger partial charge on any atom is -0.381 e. The van der Waals surface area contributed by atoms with Crippen LogP contribution in [0.4, 0.5) is 0 Å². The average molecular weight is 282 g/mol. The van der Waals surface area contributed by atoms with Gasteiger partial charge in [-0.05, 0) is 25.2 Å². The Bertz CT molecular complexity index is 369. The van der Waals surface area contributed by atoms with Crippen LogP contribution in [-0.4, -0.2) is 36.2 Å². The highest BCUT2D eigenvalue weighted by Crippen LogP contribution is 2.45. The molecule has 3 rings (SSSR count). The molecule has 3 nitrogen and oxygen atoms in total. The first-order chi connectivity index (χ1) is 9.11. The zero-order valence-electron chi connectivity index (χ0n) is 12.3. The highest BCUT2D eigenvalue weighted by atomic mass is 32.2. The number of nitrogens with one attached hydrogen (secondary N) is 1. The molecule has 0 radical (unpaired) electrons. The molecule has 19 heavy (non-hydrogen) atoms. The molecular weight excluding hydrogens is 256 g/mol. The molecule has 4 atom stereocenters. The van der Waals surface area contributed by atoms with Gasteiger partial charge in [-0.25, -0.2) is 0 Å².